The van der Waals surface area contributed by atoms with Gasteiger partial charge in [-0.25, -0.2) is 0 Å². The summed E-state index contributed by atoms with van der Waals surface area (Å²) in [4.78, 5) is 0. The van der Waals surface area contributed by atoms with Crippen molar-refractivity contribution in [1.29, 1.82) is 0 Å². The molecule has 1 saturated heterocycles. The molecule has 0 amide bonds. The van der Waals surface area contributed by atoms with Crippen molar-refractivity contribution in [2.75, 3.05) is 41.2 Å². The lowest BCUT2D eigenvalue weighted by Gasteiger charge is -2.39. The minimum Gasteiger partial charge on any atom is -0.504 e. The van der Waals surface area contributed by atoms with E-state index in [4.69, 9.17) is 28.4 Å². The lowest BCUT2D eigenvalue weighted by Crippen LogP contribution is -2.59. The Bertz CT molecular complexity index is 1100. The molecule has 0 radical (unpaired) electrons. The highest BCUT2D eigenvalue weighted by Crippen LogP contribution is 2.41. The van der Waals surface area contributed by atoms with Gasteiger partial charge in [-0.2, -0.15) is 0 Å². The molecule has 13 heteroatoms. The van der Waals surface area contributed by atoms with Crippen molar-refractivity contribution in [3.63, 3.8) is 0 Å². The Morgan fingerprint density at radius 1 is 0.900 bits per heavy atom. The molecular weight excluding hydrogens is 532 g/mol. The summed E-state index contributed by atoms with van der Waals surface area (Å²) in [5.74, 6) is 0.648. The van der Waals surface area contributed by atoms with Crippen molar-refractivity contribution in [3.05, 3.63) is 47.5 Å². The van der Waals surface area contributed by atoms with E-state index in [2.05, 4.69) is 0 Å². The van der Waals surface area contributed by atoms with Gasteiger partial charge in [0, 0.05) is 0 Å². The topological polar surface area (TPSA) is 197 Å². The quantitative estimate of drug-likeness (QED) is 0.167. The summed E-state index contributed by atoms with van der Waals surface area (Å²) in [6, 6.07) is 7.50. The number of ether oxygens (including phenoxy) is 6. The molecule has 1 heterocycles. The fraction of sp³-hybridized carbons (Fsp3) is 0.481. The third-order valence-corrected chi connectivity index (χ3v) is 6.35. The number of hydrogen-bond acceptors (Lipinski definition) is 13. The Kier molecular flexibility index (Phi) is 11.4. The Morgan fingerprint density at radius 3 is 2.12 bits per heavy atom. The van der Waals surface area contributed by atoms with Crippen molar-refractivity contribution >= 4 is 6.08 Å². The van der Waals surface area contributed by atoms with E-state index < -0.39 is 56.1 Å². The van der Waals surface area contributed by atoms with Gasteiger partial charge in [-0.1, -0.05) is 18.2 Å². The van der Waals surface area contributed by atoms with Crippen molar-refractivity contribution in [2.24, 2.45) is 0 Å². The number of phenols is 1. The SMILES string of the molecule is COc1cc(C(O)C(CO)Oc2c(OC)cc(C=CCOC3OC(CO)C(O)C(O)C3O)cc2OC)ccc1O. The molecule has 7 unspecified atom stereocenters. The van der Waals surface area contributed by atoms with Crippen LogP contribution in [0, 0.1) is 0 Å². The van der Waals surface area contributed by atoms with Crippen molar-refractivity contribution in [3.8, 4) is 28.7 Å². The van der Waals surface area contributed by atoms with Crippen LogP contribution >= 0.6 is 0 Å². The molecule has 3 rings (SSSR count). The highest BCUT2D eigenvalue weighted by molar-refractivity contribution is 5.62. The molecular formula is C27H36O13. The number of phenolic OH excluding ortho intramolecular Hbond substituents is 1. The van der Waals surface area contributed by atoms with Gasteiger partial charge in [0.2, 0.25) is 5.75 Å². The third kappa shape index (κ3) is 7.13. The first-order valence-corrected chi connectivity index (χ1v) is 12.4. The van der Waals surface area contributed by atoms with Gasteiger partial charge < -0.3 is 64.2 Å². The van der Waals surface area contributed by atoms with E-state index in [1.807, 2.05) is 0 Å². The summed E-state index contributed by atoms with van der Waals surface area (Å²) in [7, 11) is 4.19. The highest BCUT2D eigenvalue weighted by Gasteiger charge is 2.43. The first-order chi connectivity index (χ1) is 19.2. The molecule has 7 atom stereocenters. The first-order valence-electron chi connectivity index (χ1n) is 12.4. The minimum atomic E-state index is -1.54. The van der Waals surface area contributed by atoms with E-state index in [9.17, 15) is 35.7 Å². The molecule has 13 nitrogen and oxygen atoms in total. The van der Waals surface area contributed by atoms with Gasteiger partial charge in [0.05, 0.1) is 41.2 Å². The van der Waals surface area contributed by atoms with Crippen LogP contribution < -0.4 is 18.9 Å². The second-order valence-corrected chi connectivity index (χ2v) is 8.90. The van der Waals surface area contributed by atoms with E-state index >= 15 is 0 Å². The fourth-order valence-corrected chi connectivity index (χ4v) is 4.10. The number of methoxy groups -OCH3 is 3. The minimum absolute atomic E-state index is 0.0551. The van der Waals surface area contributed by atoms with Crippen LogP contribution in [0.25, 0.3) is 6.08 Å². The monoisotopic (exact) mass is 568 g/mol. The molecule has 40 heavy (non-hydrogen) atoms. The number of aromatic hydroxyl groups is 1. The second kappa shape index (κ2) is 14.5. The van der Waals surface area contributed by atoms with E-state index in [0.717, 1.165) is 0 Å². The van der Waals surface area contributed by atoms with Crippen LogP contribution in [0.15, 0.2) is 36.4 Å². The largest absolute Gasteiger partial charge is 0.504 e. The van der Waals surface area contributed by atoms with Crippen LogP contribution in [0.4, 0.5) is 0 Å². The average molecular weight is 569 g/mol. The van der Waals surface area contributed by atoms with E-state index in [1.165, 1.54) is 39.5 Å². The first kappa shape index (κ1) is 31.4. The molecule has 1 fully saturated rings. The van der Waals surface area contributed by atoms with Crippen molar-refractivity contribution < 1.29 is 64.2 Å². The zero-order chi connectivity index (χ0) is 29.4. The average Bonchev–Trinajstić information content (AvgIpc) is 2.97. The molecule has 222 valence electrons. The zero-order valence-corrected chi connectivity index (χ0v) is 22.3. The lowest BCUT2D eigenvalue weighted by atomic mass is 9.99. The molecule has 0 spiro atoms. The standard InChI is InChI=1S/C27H36O13/c1-35-17-11-15(6-7-16(17)30)22(31)20(12-28)39-26-18(36-2)9-14(10-19(26)37-3)5-4-8-38-27-25(34)24(33)23(32)21(13-29)40-27/h4-7,9-11,20-25,27-34H,8,12-13H2,1-3H3. The predicted molar refractivity (Wildman–Crippen MR) is 139 cm³/mol. The van der Waals surface area contributed by atoms with E-state index in [1.54, 1.807) is 24.3 Å². The predicted octanol–water partition coefficient (Wildman–Crippen LogP) is -0.279. The molecule has 1 aliphatic heterocycles. The molecule has 0 bridgehead atoms. The van der Waals surface area contributed by atoms with Gasteiger partial charge in [-0.05, 0) is 35.4 Å². The van der Waals surface area contributed by atoms with E-state index in [-0.39, 0.29) is 35.4 Å². The summed E-state index contributed by atoms with van der Waals surface area (Å²) < 4.78 is 32.7. The normalized spacial score (nSPS) is 24.5. The van der Waals surface area contributed by atoms with Gasteiger partial charge in [0.15, 0.2) is 35.4 Å². The third-order valence-electron chi connectivity index (χ3n) is 6.35. The molecule has 0 aromatic heterocycles. The van der Waals surface area contributed by atoms with Gasteiger partial charge in [0.25, 0.3) is 0 Å². The smallest absolute Gasteiger partial charge is 0.204 e. The van der Waals surface area contributed by atoms with Gasteiger partial charge in [0.1, 0.15) is 30.5 Å². The summed E-state index contributed by atoms with van der Waals surface area (Å²) in [5.41, 5.74) is 0.938. The lowest BCUT2D eigenvalue weighted by molar-refractivity contribution is -0.298. The van der Waals surface area contributed by atoms with Crippen molar-refractivity contribution in [2.45, 2.75) is 42.9 Å². The van der Waals surface area contributed by atoms with Gasteiger partial charge >= 0.3 is 0 Å². The molecule has 1 aliphatic rings. The summed E-state index contributed by atoms with van der Waals surface area (Å²) in [5, 5.41) is 69.8. The molecule has 0 saturated carbocycles. The molecule has 7 N–H and O–H groups in total. The number of aliphatic hydroxyl groups is 6. The fourth-order valence-electron chi connectivity index (χ4n) is 4.10. The molecule has 2 aromatic rings. The van der Waals surface area contributed by atoms with Crippen LogP contribution in [0.1, 0.15) is 17.2 Å². The highest BCUT2D eigenvalue weighted by atomic mass is 16.7. The van der Waals surface area contributed by atoms with Crippen LogP contribution in [0.5, 0.6) is 28.7 Å². The van der Waals surface area contributed by atoms with Crippen LogP contribution in [0.2, 0.25) is 0 Å². The molecule has 2 aromatic carbocycles. The number of aliphatic hydroxyl groups excluding tert-OH is 6. The Hall–Kier alpha value is -3.14. The maximum atomic E-state index is 10.9. The van der Waals surface area contributed by atoms with Crippen LogP contribution in [-0.2, 0) is 9.47 Å². The maximum Gasteiger partial charge on any atom is 0.204 e. The molecule has 0 aliphatic carbocycles. The van der Waals surface area contributed by atoms with E-state index in [0.29, 0.717) is 11.1 Å². The Morgan fingerprint density at radius 2 is 1.55 bits per heavy atom. The summed E-state index contributed by atoms with van der Waals surface area (Å²) in [6.45, 7) is -1.18. The van der Waals surface area contributed by atoms with Crippen LogP contribution in [0.3, 0.4) is 0 Å². The second-order valence-electron chi connectivity index (χ2n) is 8.90. The summed E-state index contributed by atoms with van der Waals surface area (Å²) >= 11 is 0. The number of rotatable bonds is 13. The van der Waals surface area contributed by atoms with Crippen LogP contribution in [-0.4, -0.2) is 114 Å². The van der Waals surface area contributed by atoms with Crippen molar-refractivity contribution in [1.82, 2.24) is 0 Å². The Balaban J connectivity index is 1.73. The summed E-state index contributed by atoms with van der Waals surface area (Å²) in [6.07, 6.45) is -6.07. The number of benzene rings is 2. The van der Waals surface area contributed by atoms with Gasteiger partial charge in [-0.15, -0.1) is 0 Å². The number of hydrogen-bond donors (Lipinski definition) is 7. The van der Waals surface area contributed by atoms with Gasteiger partial charge in [-0.3, -0.25) is 0 Å². The maximum absolute atomic E-state index is 10.9. The Labute approximate surface area is 231 Å². The zero-order valence-electron chi connectivity index (χ0n) is 22.3.